The minimum atomic E-state index is 0.819. The molecule has 0 aliphatic heterocycles. The van der Waals surface area contributed by atoms with Crippen molar-refractivity contribution < 1.29 is 0 Å². The Bertz CT molecular complexity index is 298. The number of aromatic nitrogens is 1. The van der Waals surface area contributed by atoms with Crippen LogP contribution in [0.1, 0.15) is 31.2 Å². The molecule has 0 spiro atoms. The minimum Gasteiger partial charge on any atom is -0.296 e. The average Bonchev–Trinajstić information content (AvgIpc) is 2.25. The molecule has 88 valence electrons. The van der Waals surface area contributed by atoms with Crippen molar-refractivity contribution in [3.8, 4) is 0 Å². The number of pyridine rings is 1. The maximum Gasteiger partial charge on any atom is 0.0312 e. The van der Waals surface area contributed by atoms with Crippen LogP contribution in [0.5, 0.6) is 0 Å². The summed E-state index contributed by atoms with van der Waals surface area (Å²) in [6.45, 7) is 2.26. The second kappa shape index (κ2) is 6.36. The Balaban J connectivity index is 1.90. The molecule has 0 amide bonds. The van der Waals surface area contributed by atoms with Gasteiger partial charge in [0.15, 0.2) is 0 Å². The largest absolute Gasteiger partial charge is 0.296 e. The van der Waals surface area contributed by atoms with E-state index in [1.807, 2.05) is 18.5 Å². The molecule has 1 fully saturated rings. The molecule has 1 saturated carbocycles. The summed E-state index contributed by atoms with van der Waals surface area (Å²) in [4.78, 5) is 6.80. The van der Waals surface area contributed by atoms with Crippen molar-refractivity contribution in [3.63, 3.8) is 0 Å². The summed E-state index contributed by atoms with van der Waals surface area (Å²) in [5, 5.41) is 1.10. The van der Waals surface area contributed by atoms with Crippen LogP contribution in [-0.2, 0) is 6.54 Å². The first-order valence-electron chi connectivity index (χ1n) is 6.09. The Kier molecular flexibility index (Phi) is 4.79. The van der Waals surface area contributed by atoms with Crippen LogP contribution < -0.4 is 0 Å². The van der Waals surface area contributed by atoms with Gasteiger partial charge >= 0.3 is 0 Å². The summed E-state index contributed by atoms with van der Waals surface area (Å²) in [5.41, 5.74) is 1.34. The van der Waals surface area contributed by atoms with Gasteiger partial charge in [0.05, 0.1) is 0 Å². The molecular weight excluding hydrogens is 264 g/mol. The number of rotatable bonds is 6. The normalized spacial score (nSPS) is 16.4. The molecule has 1 aromatic heterocycles. The molecule has 0 atom stereocenters. The van der Waals surface area contributed by atoms with Crippen molar-refractivity contribution in [2.75, 3.05) is 11.9 Å². The highest BCUT2D eigenvalue weighted by Gasteiger charge is 2.24. The molecule has 2 rings (SSSR count). The molecule has 0 radical (unpaired) electrons. The second-order valence-electron chi connectivity index (χ2n) is 4.46. The predicted molar refractivity (Wildman–Crippen MR) is 70.7 cm³/mol. The van der Waals surface area contributed by atoms with Gasteiger partial charge in [-0.2, -0.15) is 0 Å². The Hall–Kier alpha value is -0.410. The third-order valence-corrected chi connectivity index (χ3v) is 3.84. The predicted octanol–water partition coefficient (Wildman–Crippen LogP) is 3.22. The van der Waals surface area contributed by atoms with E-state index in [-0.39, 0.29) is 0 Å². The Morgan fingerprint density at radius 1 is 1.44 bits per heavy atom. The Morgan fingerprint density at radius 3 is 2.88 bits per heavy atom. The van der Waals surface area contributed by atoms with Crippen LogP contribution in [-0.4, -0.2) is 27.8 Å². The summed E-state index contributed by atoms with van der Waals surface area (Å²) >= 11 is 3.51. The van der Waals surface area contributed by atoms with E-state index in [9.17, 15) is 0 Å². The standard InChI is InChI=1S/C13H19BrN2/c14-7-3-9-16(13-5-1-6-13)11-12-4-2-8-15-10-12/h2,4,8,10,13H,1,3,5-7,9,11H2. The quantitative estimate of drug-likeness (QED) is 0.745. The highest BCUT2D eigenvalue weighted by molar-refractivity contribution is 9.09. The van der Waals surface area contributed by atoms with Crippen LogP contribution in [0.2, 0.25) is 0 Å². The molecule has 2 nitrogen and oxygen atoms in total. The van der Waals surface area contributed by atoms with Gasteiger partial charge in [0.25, 0.3) is 0 Å². The third-order valence-electron chi connectivity index (χ3n) is 3.28. The summed E-state index contributed by atoms with van der Waals surface area (Å²) in [6, 6.07) is 5.02. The lowest BCUT2D eigenvalue weighted by molar-refractivity contribution is 0.120. The topological polar surface area (TPSA) is 16.1 Å². The summed E-state index contributed by atoms with van der Waals surface area (Å²) in [6.07, 6.45) is 9.22. The van der Waals surface area contributed by atoms with Gasteiger partial charge in [-0.25, -0.2) is 0 Å². The lowest BCUT2D eigenvalue weighted by Gasteiger charge is -2.37. The summed E-state index contributed by atoms with van der Waals surface area (Å²) in [7, 11) is 0. The fraction of sp³-hybridized carbons (Fsp3) is 0.615. The molecule has 1 heterocycles. The molecule has 0 N–H and O–H groups in total. The molecule has 1 aliphatic rings. The Labute approximate surface area is 106 Å². The molecule has 0 aromatic carbocycles. The zero-order chi connectivity index (χ0) is 11.2. The highest BCUT2D eigenvalue weighted by atomic mass is 79.9. The van der Waals surface area contributed by atoms with E-state index in [2.05, 4.69) is 31.9 Å². The van der Waals surface area contributed by atoms with E-state index in [1.165, 1.54) is 37.8 Å². The van der Waals surface area contributed by atoms with E-state index >= 15 is 0 Å². The summed E-state index contributed by atoms with van der Waals surface area (Å²) in [5.74, 6) is 0. The molecule has 0 unspecified atom stereocenters. The van der Waals surface area contributed by atoms with Crippen LogP contribution in [0.25, 0.3) is 0 Å². The number of hydrogen-bond acceptors (Lipinski definition) is 2. The highest BCUT2D eigenvalue weighted by Crippen LogP contribution is 2.26. The zero-order valence-electron chi connectivity index (χ0n) is 9.61. The van der Waals surface area contributed by atoms with Gasteiger partial charge in [-0.3, -0.25) is 9.88 Å². The van der Waals surface area contributed by atoms with Gasteiger partial charge < -0.3 is 0 Å². The number of nitrogens with zero attached hydrogens (tertiary/aromatic N) is 2. The van der Waals surface area contributed by atoms with E-state index in [0.29, 0.717) is 0 Å². The van der Waals surface area contributed by atoms with Gasteiger partial charge in [0, 0.05) is 30.3 Å². The average molecular weight is 283 g/mol. The first-order valence-corrected chi connectivity index (χ1v) is 7.21. The SMILES string of the molecule is BrCCCN(Cc1cccnc1)C1CCC1. The zero-order valence-corrected chi connectivity index (χ0v) is 11.2. The van der Waals surface area contributed by atoms with Crippen molar-refractivity contribution in [2.24, 2.45) is 0 Å². The third kappa shape index (κ3) is 3.29. The number of hydrogen-bond donors (Lipinski definition) is 0. The van der Waals surface area contributed by atoms with Gasteiger partial charge in [0.2, 0.25) is 0 Å². The molecule has 16 heavy (non-hydrogen) atoms. The second-order valence-corrected chi connectivity index (χ2v) is 5.25. The lowest BCUT2D eigenvalue weighted by atomic mass is 9.91. The molecule has 0 saturated heterocycles. The van der Waals surface area contributed by atoms with E-state index in [1.54, 1.807) is 0 Å². The van der Waals surface area contributed by atoms with Crippen molar-refractivity contribution >= 4 is 15.9 Å². The monoisotopic (exact) mass is 282 g/mol. The lowest BCUT2D eigenvalue weighted by Crippen LogP contribution is -2.40. The maximum absolute atomic E-state index is 4.19. The van der Waals surface area contributed by atoms with Crippen LogP contribution >= 0.6 is 15.9 Å². The fourth-order valence-electron chi connectivity index (χ4n) is 2.13. The molecule has 0 bridgehead atoms. The smallest absolute Gasteiger partial charge is 0.0312 e. The first-order chi connectivity index (χ1) is 7.90. The van der Waals surface area contributed by atoms with Gasteiger partial charge in [-0.1, -0.05) is 28.4 Å². The maximum atomic E-state index is 4.19. The van der Waals surface area contributed by atoms with Gasteiger partial charge in [-0.05, 0) is 37.4 Å². The van der Waals surface area contributed by atoms with Gasteiger partial charge in [-0.15, -0.1) is 0 Å². The van der Waals surface area contributed by atoms with E-state index < -0.39 is 0 Å². The number of halogens is 1. The van der Waals surface area contributed by atoms with Crippen molar-refractivity contribution in [1.82, 2.24) is 9.88 Å². The molecular formula is C13H19BrN2. The van der Waals surface area contributed by atoms with E-state index in [0.717, 1.165) is 17.9 Å². The molecule has 1 aliphatic carbocycles. The Morgan fingerprint density at radius 2 is 2.31 bits per heavy atom. The minimum absolute atomic E-state index is 0.819. The fourth-order valence-corrected chi connectivity index (χ4v) is 2.38. The molecule has 1 aromatic rings. The van der Waals surface area contributed by atoms with Crippen molar-refractivity contribution in [3.05, 3.63) is 30.1 Å². The van der Waals surface area contributed by atoms with Crippen LogP contribution in [0, 0.1) is 0 Å². The van der Waals surface area contributed by atoms with Crippen LogP contribution in [0.4, 0.5) is 0 Å². The first kappa shape index (κ1) is 12.1. The van der Waals surface area contributed by atoms with Crippen LogP contribution in [0.15, 0.2) is 24.5 Å². The summed E-state index contributed by atoms with van der Waals surface area (Å²) < 4.78 is 0. The van der Waals surface area contributed by atoms with Crippen molar-refractivity contribution in [2.45, 2.75) is 38.3 Å². The van der Waals surface area contributed by atoms with Gasteiger partial charge in [0.1, 0.15) is 0 Å². The van der Waals surface area contributed by atoms with Crippen molar-refractivity contribution in [1.29, 1.82) is 0 Å². The molecule has 3 heteroatoms. The van der Waals surface area contributed by atoms with Crippen LogP contribution in [0.3, 0.4) is 0 Å². The van der Waals surface area contributed by atoms with E-state index in [4.69, 9.17) is 0 Å². The number of alkyl halides is 1.